The van der Waals surface area contributed by atoms with Crippen molar-refractivity contribution in [2.45, 2.75) is 51.5 Å². The highest BCUT2D eigenvalue weighted by atomic mass is 32.2. The van der Waals surface area contributed by atoms with Gasteiger partial charge in [0.25, 0.3) is 5.91 Å². The molecular weight excluding hydrogens is 528 g/mol. The van der Waals surface area contributed by atoms with Crippen LogP contribution in [0, 0.1) is 11.8 Å². The number of thiazole rings is 1. The molecule has 0 saturated carbocycles. The van der Waals surface area contributed by atoms with Crippen LogP contribution in [0.4, 0.5) is 5.13 Å². The third-order valence-electron chi connectivity index (χ3n) is 7.16. The Kier molecular flexibility index (Phi) is 7.84. The molecule has 9 heteroatoms. The number of fused-ring (bicyclic) bond motifs is 1. The monoisotopic (exact) mass is 562 g/mol. The number of carbonyl (C=O) groups excluding carboxylic acids is 1. The summed E-state index contributed by atoms with van der Waals surface area (Å²) >= 11 is 1.47. The number of aromatic nitrogens is 2. The van der Waals surface area contributed by atoms with Gasteiger partial charge in [0.15, 0.2) is 5.13 Å². The van der Waals surface area contributed by atoms with Crippen molar-refractivity contribution < 1.29 is 13.2 Å². The van der Waals surface area contributed by atoms with Crippen LogP contribution in [0.25, 0.3) is 10.2 Å². The summed E-state index contributed by atoms with van der Waals surface area (Å²) in [4.78, 5) is 25.1. The molecule has 1 aliphatic heterocycles. The van der Waals surface area contributed by atoms with Crippen molar-refractivity contribution in [3.63, 3.8) is 0 Å². The third kappa shape index (κ3) is 5.76. The predicted molar refractivity (Wildman–Crippen MR) is 157 cm³/mol. The van der Waals surface area contributed by atoms with Crippen LogP contribution in [0.5, 0.6) is 0 Å². The van der Waals surface area contributed by atoms with Crippen LogP contribution in [0.3, 0.4) is 0 Å². The summed E-state index contributed by atoms with van der Waals surface area (Å²) < 4.78 is 29.3. The molecule has 0 radical (unpaired) electrons. The average molecular weight is 563 g/mol. The van der Waals surface area contributed by atoms with Crippen LogP contribution in [-0.4, -0.2) is 41.7 Å². The van der Waals surface area contributed by atoms with E-state index in [-0.39, 0.29) is 17.3 Å². The van der Waals surface area contributed by atoms with E-state index in [1.807, 2.05) is 30.3 Å². The van der Waals surface area contributed by atoms with Gasteiger partial charge in [-0.25, -0.2) is 13.4 Å². The number of pyridine rings is 1. The van der Waals surface area contributed by atoms with E-state index in [0.29, 0.717) is 41.5 Å². The van der Waals surface area contributed by atoms with E-state index < -0.39 is 10.0 Å². The van der Waals surface area contributed by atoms with Crippen LogP contribution in [0.15, 0.2) is 71.8 Å². The fourth-order valence-corrected chi connectivity index (χ4v) is 7.97. The zero-order valence-electron chi connectivity index (χ0n) is 22.7. The summed E-state index contributed by atoms with van der Waals surface area (Å²) in [5.74, 6) is 0.669. The smallest absolute Gasteiger partial charge is 0.260 e. The number of carbonyl (C=O) groups is 1. The normalized spacial score (nSPS) is 18.5. The summed E-state index contributed by atoms with van der Waals surface area (Å²) in [7, 11) is -3.63. The molecule has 7 nitrogen and oxygen atoms in total. The molecule has 0 N–H and O–H groups in total. The number of nitrogens with zero attached hydrogens (tertiary/aromatic N) is 4. The molecule has 2 aromatic carbocycles. The second-order valence-corrected chi connectivity index (χ2v) is 13.8. The van der Waals surface area contributed by atoms with E-state index in [1.165, 1.54) is 11.3 Å². The van der Waals surface area contributed by atoms with Crippen molar-refractivity contribution >= 4 is 42.6 Å². The minimum absolute atomic E-state index is 0.207. The van der Waals surface area contributed by atoms with Crippen LogP contribution < -0.4 is 4.90 Å². The number of anilines is 1. The number of para-hydroxylation sites is 1. The fraction of sp³-hybridized carbons (Fsp3) is 0.367. The maximum Gasteiger partial charge on any atom is 0.260 e. The minimum atomic E-state index is -3.63. The lowest BCUT2D eigenvalue weighted by atomic mass is 9.94. The molecule has 2 unspecified atom stereocenters. The molecule has 1 amide bonds. The van der Waals surface area contributed by atoms with Gasteiger partial charge in [-0.05, 0) is 72.2 Å². The number of piperidine rings is 1. The highest BCUT2D eigenvalue weighted by Crippen LogP contribution is 2.35. The molecule has 2 atom stereocenters. The first-order valence-corrected chi connectivity index (χ1v) is 15.6. The number of hydrogen-bond acceptors (Lipinski definition) is 6. The van der Waals surface area contributed by atoms with E-state index in [0.717, 1.165) is 27.9 Å². The molecule has 3 heterocycles. The SMILES string of the molecule is CC1CC(C)CN(S(=O)(=O)c2ccc(C(=O)N(Cc3ccccn3)c3nc4c(C(C)C)cccc4s3)cc2)C1. The van der Waals surface area contributed by atoms with Crippen LogP contribution in [0.1, 0.15) is 61.6 Å². The Morgan fingerprint density at radius 1 is 1.03 bits per heavy atom. The lowest BCUT2D eigenvalue weighted by molar-refractivity contribution is 0.0984. The topological polar surface area (TPSA) is 83.5 Å². The van der Waals surface area contributed by atoms with Gasteiger partial charge >= 0.3 is 0 Å². The average Bonchev–Trinajstić information content (AvgIpc) is 3.35. The van der Waals surface area contributed by atoms with Gasteiger partial charge in [0.05, 0.1) is 27.4 Å². The van der Waals surface area contributed by atoms with E-state index in [4.69, 9.17) is 4.98 Å². The van der Waals surface area contributed by atoms with Crippen molar-refractivity contribution in [3.05, 3.63) is 83.7 Å². The van der Waals surface area contributed by atoms with E-state index in [2.05, 4.69) is 38.7 Å². The molecule has 0 spiro atoms. The maximum atomic E-state index is 13.9. The van der Waals surface area contributed by atoms with Gasteiger partial charge in [0.1, 0.15) is 0 Å². The first kappa shape index (κ1) is 27.4. The Morgan fingerprint density at radius 2 is 1.74 bits per heavy atom. The second kappa shape index (κ2) is 11.2. The highest BCUT2D eigenvalue weighted by Gasteiger charge is 2.32. The van der Waals surface area contributed by atoms with Crippen molar-refractivity contribution in [1.82, 2.24) is 14.3 Å². The Balaban J connectivity index is 1.48. The Morgan fingerprint density at radius 3 is 2.38 bits per heavy atom. The van der Waals surface area contributed by atoms with Gasteiger partial charge < -0.3 is 0 Å². The summed E-state index contributed by atoms with van der Waals surface area (Å²) in [6.07, 6.45) is 2.73. The van der Waals surface area contributed by atoms with Crippen molar-refractivity contribution in [2.24, 2.45) is 11.8 Å². The first-order chi connectivity index (χ1) is 18.6. The molecule has 5 rings (SSSR count). The van der Waals surface area contributed by atoms with Crippen molar-refractivity contribution in [2.75, 3.05) is 18.0 Å². The Labute approximate surface area is 234 Å². The zero-order valence-corrected chi connectivity index (χ0v) is 24.4. The second-order valence-electron chi connectivity index (χ2n) is 10.8. The molecule has 4 aromatic rings. The van der Waals surface area contributed by atoms with Crippen molar-refractivity contribution in [1.29, 1.82) is 0 Å². The molecule has 1 fully saturated rings. The molecule has 2 aromatic heterocycles. The predicted octanol–water partition coefficient (Wildman–Crippen LogP) is 6.33. The number of sulfonamides is 1. The number of benzene rings is 2. The number of hydrogen-bond donors (Lipinski definition) is 0. The van der Waals surface area contributed by atoms with Crippen LogP contribution >= 0.6 is 11.3 Å². The summed E-state index contributed by atoms with van der Waals surface area (Å²) in [5, 5.41) is 0.585. The zero-order chi connectivity index (χ0) is 27.7. The van der Waals surface area contributed by atoms with Crippen LogP contribution in [-0.2, 0) is 16.6 Å². The third-order valence-corrected chi connectivity index (χ3v) is 10.0. The van der Waals surface area contributed by atoms with Gasteiger partial charge in [-0.3, -0.25) is 14.7 Å². The lowest BCUT2D eigenvalue weighted by Gasteiger charge is -2.34. The minimum Gasteiger partial charge on any atom is -0.278 e. The molecule has 1 aliphatic rings. The standard InChI is InChI=1S/C30H34N4O3S2/c1-20(2)26-9-7-10-27-28(26)32-30(38-27)34(19-24-8-5-6-15-31-24)29(35)23-11-13-25(14-12-23)39(36,37)33-17-21(3)16-22(4)18-33/h5-15,20-22H,16-19H2,1-4H3. The summed E-state index contributed by atoms with van der Waals surface area (Å²) in [6, 6.07) is 18.0. The highest BCUT2D eigenvalue weighted by molar-refractivity contribution is 7.89. The van der Waals surface area contributed by atoms with Gasteiger partial charge in [-0.2, -0.15) is 4.31 Å². The van der Waals surface area contributed by atoms with Gasteiger partial charge in [0.2, 0.25) is 10.0 Å². The molecule has 204 valence electrons. The van der Waals surface area contributed by atoms with Gasteiger partial charge in [-0.15, -0.1) is 0 Å². The Bertz CT molecular complexity index is 1560. The Hall–Kier alpha value is -3.14. The molecule has 39 heavy (non-hydrogen) atoms. The number of amides is 1. The molecule has 0 aliphatic carbocycles. The fourth-order valence-electron chi connectivity index (χ4n) is 5.30. The largest absolute Gasteiger partial charge is 0.278 e. The molecule has 1 saturated heterocycles. The van der Waals surface area contributed by atoms with E-state index in [1.54, 1.807) is 39.7 Å². The summed E-state index contributed by atoms with van der Waals surface area (Å²) in [6.45, 7) is 9.71. The van der Waals surface area contributed by atoms with Crippen molar-refractivity contribution in [3.8, 4) is 0 Å². The first-order valence-electron chi connectivity index (χ1n) is 13.3. The molecular formula is C30H34N4O3S2. The van der Waals surface area contributed by atoms with E-state index in [9.17, 15) is 13.2 Å². The van der Waals surface area contributed by atoms with E-state index >= 15 is 0 Å². The quantitative estimate of drug-likeness (QED) is 0.263. The molecule has 0 bridgehead atoms. The van der Waals surface area contributed by atoms with Gasteiger partial charge in [0, 0.05) is 24.8 Å². The van der Waals surface area contributed by atoms with Crippen LogP contribution in [0.2, 0.25) is 0 Å². The number of rotatable bonds is 7. The summed E-state index contributed by atoms with van der Waals surface area (Å²) in [5.41, 5.74) is 3.17. The lowest BCUT2D eigenvalue weighted by Crippen LogP contribution is -2.42. The van der Waals surface area contributed by atoms with Gasteiger partial charge in [-0.1, -0.05) is 57.2 Å². The maximum absolute atomic E-state index is 13.9.